The molecule has 0 aliphatic rings. The van der Waals surface area contributed by atoms with Crippen LogP contribution in [0.2, 0.25) is 0 Å². The fraction of sp³-hybridized carbons (Fsp3) is 0.235. The Morgan fingerprint density at radius 2 is 1.55 bits per heavy atom. The topological polar surface area (TPSA) is 17.1 Å². The Morgan fingerprint density at radius 3 is 2.10 bits per heavy atom. The van der Waals surface area contributed by atoms with E-state index in [1.54, 1.807) is 0 Å². The molecule has 0 spiro atoms. The largest absolute Gasteiger partial charge is 0.289 e. The molecule has 0 N–H and O–H groups in total. The van der Waals surface area contributed by atoms with E-state index in [1.807, 2.05) is 32.0 Å². The van der Waals surface area contributed by atoms with Crippen molar-refractivity contribution in [2.24, 2.45) is 0 Å². The van der Waals surface area contributed by atoms with Crippen LogP contribution in [0.15, 0.2) is 28.7 Å². The Morgan fingerprint density at radius 1 is 1.00 bits per heavy atom. The summed E-state index contributed by atoms with van der Waals surface area (Å²) in [6.45, 7) is 8.17. The molecule has 0 aliphatic carbocycles. The maximum Gasteiger partial charge on any atom is 0.194 e. The average Bonchev–Trinajstić information content (AvgIpc) is 2.39. The van der Waals surface area contributed by atoms with Gasteiger partial charge in [-0.3, -0.25) is 4.79 Å². The van der Waals surface area contributed by atoms with E-state index in [1.165, 1.54) is 11.1 Å². The van der Waals surface area contributed by atoms with Gasteiger partial charge in [0.1, 0.15) is 0 Å². The summed E-state index contributed by atoms with van der Waals surface area (Å²) in [6, 6.07) is 8.00. The molecule has 0 saturated carbocycles. The SMILES string of the molecule is Cc1cc(C)c(C)c(C(=O)c2cc(I)ccc2Br)c1C. The second kappa shape index (κ2) is 5.98. The molecule has 0 fully saturated rings. The van der Waals surface area contributed by atoms with Crippen LogP contribution in [0.5, 0.6) is 0 Å². The van der Waals surface area contributed by atoms with Crippen LogP contribution in [-0.4, -0.2) is 5.78 Å². The standard InChI is InChI=1S/C17H16BrIO/c1-9-7-10(2)12(4)16(11(9)3)17(20)14-8-13(19)5-6-15(14)18/h5-8H,1-4H3. The summed E-state index contributed by atoms with van der Waals surface area (Å²) in [5.74, 6) is 0.0946. The number of carbonyl (C=O) groups excluding carboxylic acids is 1. The molecule has 0 unspecified atom stereocenters. The van der Waals surface area contributed by atoms with Crippen molar-refractivity contribution in [1.82, 2.24) is 0 Å². The van der Waals surface area contributed by atoms with Crippen molar-refractivity contribution in [3.05, 3.63) is 65.7 Å². The lowest BCUT2D eigenvalue weighted by atomic mass is 9.89. The number of carbonyl (C=O) groups is 1. The number of aryl methyl sites for hydroxylation is 2. The second-order valence-electron chi connectivity index (χ2n) is 5.09. The molecule has 0 amide bonds. The van der Waals surface area contributed by atoms with Crippen LogP contribution in [0.3, 0.4) is 0 Å². The summed E-state index contributed by atoms with van der Waals surface area (Å²) in [5.41, 5.74) is 6.04. The Bertz CT molecular complexity index is 678. The summed E-state index contributed by atoms with van der Waals surface area (Å²) < 4.78 is 1.91. The van der Waals surface area contributed by atoms with Crippen LogP contribution in [0.25, 0.3) is 0 Å². The van der Waals surface area contributed by atoms with Crippen LogP contribution in [0, 0.1) is 31.3 Å². The quantitative estimate of drug-likeness (QED) is 0.442. The third-order valence-electron chi connectivity index (χ3n) is 3.77. The Kier molecular flexibility index (Phi) is 4.69. The van der Waals surface area contributed by atoms with E-state index in [4.69, 9.17) is 0 Å². The highest BCUT2D eigenvalue weighted by Gasteiger charge is 2.19. The van der Waals surface area contributed by atoms with E-state index >= 15 is 0 Å². The third kappa shape index (κ3) is 2.84. The number of hydrogen-bond acceptors (Lipinski definition) is 1. The van der Waals surface area contributed by atoms with Crippen molar-refractivity contribution in [3.63, 3.8) is 0 Å². The number of hydrogen-bond donors (Lipinski definition) is 0. The molecule has 0 saturated heterocycles. The molecule has 20 heavy (non-hydrogen) atoms. The Labute approximate surface area is 142 Å². The molecule has 0 radical (unpaired) electrons. The molecule has 3 heteroatoms. The number of rotatable bonds is 2. The first kappa shape index (κ1) is 15.7. The van der Waals surface area contributed by atoms with Gasteiger partial charge in [-0.05, 0) is 90.7 Å². The van der Waals surface area contributed by atoms with Crippen molar-refractivity contribution < 1.29 is 4.79 Å². The zero-order valence-corrected chi connectivity index (χ0v) is 15.7. The van der Waals surface area contributed by atoms with Crippen molar-refractivity contribution in [2.75, 3.05) is 0 Å². The fourth-order valence-corrected chi connectivity index (χ4v) is 3.28. The van der Waals surface area contributed by atoms with Gasteiger partial charge in [0.05, 0.1) is 0 Å². The molecule has 0 heterocycles. The molecule has 0 bridgehead atoms. The van der Waals surface area contributed by atoms with Crippen LogP contribution < -0.4 is 0 Å². The zero-order valence-electron chi connectivity index (χ0n) is 12.0. The molecular weight excluding hydrogens is 427 g/mol. The summed E-state index contributed by atoms with van der Waals surface area (Å²) in [6.07, 6.45) is 0. The van der Waals surface area contributed by atoms with E-state index in [9.17, 15) is 4.79 Å². The van der Waals surface area contributed by atoms with Crippen LogP contribution in [-0.2, 0) is 0 Å². The van der Waals surface area contributed by atoms with E-state index < -0.39 is 0 Å². The van der Waals surface area contributed by atoms with Gasteiger partial charge in [0.2, 0.25) is 0 Å². The predicted molar refractivity (Wildman–Crippen MR) is 95.7 cm³/mol. The van der Waals surface area contributed by atoms with Crippen LogP contribution in [0.1, 0.15) is 38.2 Å². The maximum atomic E-state index is 12.9. The van der Waals surface area contributed by atoms with Gasteiger partial charge in [0.25, 0.3) is 0 Å². The van der Waals surface area contributed by atoms with Crippen LogP contribution in [0.4, 0.5) is 0 Å². The summed E-state index contributed by atoms with van der Waals surface area (Å²) in [4.78, 5) is 12.9. The van der Waals surface area contributed by atoms with Gasteiger partial charge in [0.15, 0.2) is 5.78 Å². The highest BCUT2D eigenvalue weighted by Crippen LogP contribution is 2.28. The monoisotopic (exact) mass is 442 g/mol. The lowest BCUT2D eigenvalue weighted by Crippen LogP contribution is -2.10. The first-order chi connectivity index (χ1) is 9.32. The van der Waals surface area contributed by atoms with E-state index in [0.717, 1.165) is 30.3 Å². The number of halogens is 2. The van der Waals surface area contributed by atoms with Gasteiger partial charge in [0, 0.05) is 19.2 Å². The molecule has 0 atom stereocenters. The minimum Gasteiger partial charge on any atom is -0.289 e. The molecule has 0 aliphatic heterocycles. The highest BCUT2D eigenvalue weighted by atomic mass is 127. The van der Waals surface area contributed by atoms with Crippen molar-refractivity contribution >= 4 is 44.3 Å². The van der Waals surface area contributed by atoms with Crippen molar-refractivity contribution in [1.29, 1.82) is 0 Å². The lowest BCUT2D eigenvalue weighted by molar-refractivity contribution is 0.103. The summed E-state index contributed by atoms with van der Waals surface area (Å²) in [5, 5.41) is 0. The maximum absolute atomic E-state index is 12.9. The first-order valence-corrected chi connectivity index (χ1v) is 8.27. The predicted octanol–water partition coefficient (Wildman–Crippen LogP) is 5.52. The van der Waals surface area contributed by atoms with Crippen molar-refractivity contribution in [3.8, 4) is 0 Å². The van der Waals surface area contributed by atoms with E-state index in [-0.39, 0.29) is 5.78 Å². The van der Waals surface area contributed by atoms with Gasteiger partial charge >= 0.3 is 0 Å². The van der Waals surface area contributed by atoms with Gasteiger partial charge < -0.3 is 0 Å². The molecule has 1 nitrogen and oxygen atoms in total. The van der Waals surface area contributed by atoms with Gasteiger partial charge in [-0.15, -0.1) is 0 Å². The molecule has 0 aromatic heterocycles. The lowest BCUT2D eigenvalue weighted by Gasteiger charge is -2.15. The molecular formula is C17H16BrIO. The minimum absolute atomic E-state index is 0.0946. The van der Waals surface area contributed by atoms with Gasteiger partial charge in [-0.1, -0.05) is 22.0 Å². The van der Waals surface area contributed by atoms with Gasteiger partial charge in [-0.2, -0.15) is 0 Å². The van der Waals surface area contributed by atoms with Crippen molar-refractivity contribution in [2.45, 2.75) is 27.7 Å². The number of benzene rings is 2. The van der Waals surface area contributed by atoms with Crippen LogP contribution >= 0.6 is 38.5 Å². The second-order valence-corrected chi connectivity index (χ2v) is 7.19. The Balaban J connectivity index is 2.68. The molecule has 2 aromatic rings. The summed E-state index contributed by atoms with van der Waals surface area (Å²) >= 11 is 5.72. The third-order valence-corrected chi connectivity index (χ3v) is 5.13. The smallest absolute Gasteiger partial charge is 0.194 e. The fourth-order valence-electron chi connectivity index (χ4n) is 2.36. The molecule has 2 aromatic carbocycles. The normalized spacial score (nSPS) is 10.7. The average molecular weight is 443 g/mol. The van der Waals surface area contributed by atoms with Gasteiger partial charge in [-0.25, -0.2) is 0 Å². The molecule has 104 valence electrons. The number of ketones is 1. The molecule has 2 rings (SSSR count). The van der Waals surface area contributed by atoms with E-state index in [2.05, 4.69) is 58.4 Å². The summed E-state index contributed by atoms with van der Waals surface area (Å²) in [7, 11) is 0. The van der Waals surface area contributed by atoms with E-state index in [0.29, 0.717) is 0 Å². The first-order valence-electron chi connectivity index (χ1n) is 6.40. The Hall–Kier alpha value is -0.680. The zero-order chi connectivity index (χ0) is 15.0. The minimum atomic E-state index is 0.0946. The highest BCUT2D eigenvalue weighted by molar-refractivity contribution is 14.1.